The molecule has 14 heavy (non-hydrogen) atoms. The molecule has 1 aromatic carbocycles. The van der Waals surface area contributed by atoms with Crippen molar-refractivity contribution < 1.29 is 0 Å². The molecule has 0 aliphatic carbocycles. The Labute approximate surface area is 87.4 Å². The number of benzene rings is 1. The summed E-state index contributed by atoms with van der Waals surface area (Å²) in [6, 6.07) is 0. The molecule has 0 heteroatoms. The Morgan fingerprint density at radius 3 is 1.50 bits per heavy atom. The fourth-order valence-corrected chi connectivity index (χ4v) is 1.94. The molecular weight excluding hydrogens is 168 g/mol. The van der Waals surface area contributed by atoms with Crippen molar-refractivity contribution in [3.05, 3.63) is 33.4 Å². The predicted molar refractivity (Wildman–Crippen MR) is 62.7 cm³/mol. The molecule has 0 saturated carbocycles. The molecule has 1 aromatic rings. The lowest BCUT2D eigenvalue weighted by atomic mass is 9.88. The van der Waals surface area contributed by atoms with Crippen molar-refractivity contribution in [1.82, 2.24) is 0 Å². The van der Waals surface area contributed by atoms with Gasteiger partial charge in [-0.3, -0.25) is 0 Å². The van der Waals surface area contributed by atoms with Crippen molar-refractivity contribution >= 4 is 0 Å². The molecule has 0 fully saturated rings. The van der Waals surface area contributed by atoms with Crippen LogP contribution in [0.2, 0.25) is 0 Å². The summed E-state index contributed by atoms with van der Waals surface area (Å²) in [6.45, 7) is 10.9. The molecule has 0 unspecified atom stereocenters. The van der Waals surface area contributed by atoms with Gasteiger partial charge in [0.2, 0.25) is 0 Å². The van der Waals surface area contributed by atoms with Crippen LogP contribution in [0.5, 0.6) is 0 Å². The smallest absolute Gasteiger partial charge is 0.0343 e. The average molecular weight is 186 g/mol. The van der Waals surface area contributed by atoms with E-state index >= 15 is 0 Å². The largest absolute Gasteiger partial charge is 0.120 e. The molecule has 0 heterocycles. The minimum Gasteiger partial charge on any atom is -0.120 e. The fraction of sp³-hybridized carbons (Fsp3) is 0.429. The van der Waals surface area contributed by atoms with Gasteiger partial charge in [-0.15, -0.1) is 12.3 Å². The first-order valence-corrected chi connectivity index (χ1v) is 5.00. The SMILES string of the molecule is C#CCc1c(C)c(C)c(C)c(C)c1C. The number of rotatable bonds is 1. The van der Waals surface area contributed by atoms with Crippen LogP contribution in [-0.2, 0) is 6.42 Å². The lowest BCUT2D eigenvalue weighted by Crippen LogP contribution is -2.01. The molecular formula is C14H18. The summed E-state index contributed by atoms with van der Waals surface area (Å²) in [4.78, 5) is 0. The van der Waals surface area contributed by atoms with Crippen LogP contribution in [0.15, 0.2) is 0 Å². The second kappa shape index (κ2) is 3.88. The van der Waals surface area contributed by atoms with Gasteiger partial charge in [-0.1, -0.05) is 0 Å². The van der Waals surface area contributed by atoms with Crippen LogP contribution in [0, 0.1) is 47.0 Å². The van der Waals surface area contributed by atoms with Crippen molar-refractivity contribution in [2.24, 2.45) is 0 Å². The van der Waals surface area contributed by atoms with E-state index in [1.54, 1.807) is 0 Å². The maximum Gasteiger partial charge on any atom is 0.0343 e. The summed E-state index contributed by atoms with van der Waals surface area (Å²) >= 11 is 0. The lowest BCUT2D eigenvalue weighted by molar-refractivity contribution is 1.10. The van der Waals surface area contributed by atoms with Gasteiger partial charge in [0.15, 0.2) is 0 Å². The van der Waals surface area contributed by atoms with E-state index in [2.05, 4.69) is 40.5 Å². The zero-order valence-electron chi connectivity index (χ0n) is 9.78. The zero-order valence-corrected chi connectivity index (χ0v) is 9.78. The van der Waals surface area contributed by atoms with Crippen LogP contribution < -0.4 is 0 Å². The van der Waals surface area contributed by atoms with Gasteiger partial charge in [-0.05, 0) is 68.0 Å². The normalized spacial score (nSPS) is 10.0. The third-order valence-corrected chi connectivity index (χ3v) is 3.43. The summed E-state index contributed by atoms with van der Waals surface area (Å²) < 4.78 is 0. The first kappa shape index (κ1) is 10.9. The van der Waals surface area contributed by atoms with Gasteiger partial charge in [-0.25, -0.2) is 0 Å². The highest BCUT2D eigenvalue weighted by Gasteiger charge is 2.10. The summed E-state index contributed by atoms with van der Waals surface area (Å²) in [7, 11) is 0. The molecule has 0 atom stereocenters. The molecule has 0 spiro atoms. The van der Waals surface area contributed by atoms with Crippen molar-refractivity contribution in [1.29, 1.82) is 0 Å². The Morgan fingerprint density at radius 2 is 1.14 bits per heavy atom. The van der Waals surface area contributed by atoms with Gasteiger partial charge in [-0.2, -0.15) is 0 Å². The van der Waals surface area contributed by atoms with E-state index in [9.17, 15) is 0 Å². The summed E-state index contributed by atoms with van der Waals surface area (Å²) in [5.74, 6) is 2.74. The molecule has 0 radical (unpaired) electrons. The van der Waals surface area contributed by atoms with Gasteiger partial charge in [0.25, 0.3) is 0 Å². The highest BCUT2D eigenvalue weighted by molar-refractivity contribution is 5.50. The molecule has 0 amide bonds. The molecule has 1 rings (SSSR count). The van der Waals surface area contributed by atoms with E-state index in [4.69, 9.17) is 6.42 Å². The van der Waals surface area contributed by atoms with Crippen LogP contribution in [0.25, 0.3) is 0 Å². The number of hydrogen-bond acceptors (Lipinski definition) is 0. The number of hydrogen-bond donors (Lipinski definition) is 0. The number of terminal acetylenes is 1. The molecule has 74 valence electrons. The molecule has 0 aliphatic heterocycles. The van der Waals surface area contributed by atoms with Gasteiger partial charge >= 0.3 is 0 Å². The molecule has 0 aromatic heterocycles. The Bertz CT molecular complexity index is 374. The first-order chi connectivity index (χ1) is 6.50. The molecule has 0 saturated heterocycles. The van der Waals surface area contributed by atoms with Crippen LogP contribution in [0.3, 0.4) is 0 Å². The molecule has 0 aliphatic rings. The quantitative estimate of drug-likeness (QED) is 0.590. The Morgan fingerprint density at radius 1 is 0.786 bits per heavy atom. The third-order valence-electron chi connectivity index (χ3n) is 3.43. The average Bonchev–Trinajstić information content (AvgIpc) is 2.19. The Hall–Kier alpha value is -1.22. The fourth-order valence-electron chi connectivity index (χ4n) is 1.94. The highest BCUT2D eigenvalue weighted by atomic mass is 14.1. The predicted octanol–water partition coefficient (Wildman–Crippen LogP) is 3.40. The highest BCUT2D eigenvalue weighted by Crippen LogP contribution is 2.25. The summed E-state index contributed by atoms with van der Waals surface area (Å²) in [5.41, 5.74) is 8.25. The van der Waals surface area contributed by atoms with Crippen LogP contribution in [0.4, 0.5) is 0 Å². The van der Waals surface area contributed by atoms with E-state index in [-0.39, 0.29) is 0 Å². The van der Waals surface area contributed by atoms with E-state index in [0.29, 0.717) is 0 Å². The van der Waals surface area contributed by atoms with Crippen LogP contribution in [0.1, 0.15) is 33.4 Å². The summed E-state index contributed by atoms with van der Waals surface area (Å²) in [5, 5.41) is 0. The second-order valence-corrected chi connectivity index (χ2v) is 3.98. The van der Waals surface area contributed by atoms with Crippen LogP contribution >= 0.6 is 0 Å². The molecule has 0 nitrogen and oxygen atoms in total. The van der Waals surface area contributed by atoms with E-state index in [1.807, 2.05) is 0 Å². The van der Waals surface area contributed by atoms with Crippen molar-refractivity contribution in [2.45, 2.75) is 41.0 Å². The van der Waals surface area contributed by atoms with E-state index in [0.717, 1.165) is 6.42 Å². The second-order valence-electron chi connectivity index (χ2n) is 3.98. The maximum atomic E-state index is 5.39. The molecule has 0 bridgehead atoms. The monoisotopic (exact) mass is 186 g/mol. The minimum absolute atomic E-state index is 0.750. The topological polar surface area (TPSA) is 0 Å². The van der Waals surface area contributed by atoms with Crippen molar-refractivity contribution in [3.63, 3.8) is 0 Å². The van der Waals surface area contributed by atoms with E-state index in [1.165, 1.54) is 33.4 Å². The van der Waals surface area contributed by atoms with Crippen molar-refractivity contribution in [2.75, 3.05) is 0 Å². The van der Waals surface area contributed by atoms with Gasteiger partial charge in [0.1, 0.15) is 0 Å². The minimum atomic E-state index is 0.750. The zero-order chi connectivity index (χ0) is 10.9. The van der Waals surface area contributed by atoms with Crippen LogP contribution in [-0.4, -0.2) is 0 Å². The first-order valence-electron chi connectivity index (χ1n) is 5.00. The van der Waals surface area contributed by atoms with Gasteiger partial charge in [0, 0.05) is 6.42 Å². The Balaban J connectivity index is 3.53. The standard InChI is InChI=1S/C14H18/c1-7-8-14-12(5)10(3)9(2)11(4)13(14)6/h1H,8H2,2-6H3. The van der Waals surface area contributed by atoms with E-state index < -0.39 is 0 Å². The molecule has 0 N–H and O–H groups in total. The Kier molecular flexibility index (Phi) is 3.01. The summed E-state index contributed by atoms with van der Waals surface area (Å²) in [6.07, 6.45) is 6.14. The van der Waals surface area contributed by atoms with Crippen molar-refractivity contribution in [3.8, 4) is 12.3 Å². The lowest BCUT2D eigenvalue weighted by Gasteiger charge is -2.17. The third kappa shape index (κ3) is 1.55. The van der Waals surface area contributed by atoms with Gasteiger partial charge < -0.3 is 0 Å². The van der Waals surface area contributed by atoms with Gasteiger partial charge in [0.05, 0.1) is 0 Å². The maximum absolute atomic E-state index is 5.39.